The topological polar surface area (TPSA) is 89.0 Å². The van der Waals surface area contributed by atoms with Crippen molar-refractivity contribution in [1.82, 2.24) is 10.6 Å². The first kappa shape index (κ1) is 26.9. The highest BCUT2D eigenvalue weighted by atomic mass is 127. The maximum Gasteiger partial charge on any atom is 0.191 e. The van der Waals surface area contributed by atoms with E-state index in [1.165, 1.54) is 6.26 Å². The number of halogens is 1. The molecule has 0 fully saturated rings. The Hall–Kier alpha value is -1.07. The van der Waals surface area contributed by atoms with Gasteiger partial charge in [0.05, 0.1) is 11.4 Å². The Morgan fingerprint density at radius 3 is 2.46 bits per heavy atom. The molecule has 1 aromatic rings. The summed E-state index contributed by atoms with van der Waals surface area (Å²) in [5.74, 6) is 1.36. The largest absolute Gasteiger partial charge is 0.493 e. The summed E-state index contributed by atoms with van der Waals surface area (Å²) in [5.41, 5.74) is 2.13. The quantitative estimate of drug-likeness (QED) is 0.211. The minimum atomic E-state index is -3.18. The van der Waals surface area contributed by atoms with Crippen molar-refractivity contribution in [3.8, 4) is 5.75 Å². The van der Waals surface area contributed by atoms with E-state index in [0.717, 1.165) is 23.3 Å². The first-order chi connectivity index (χ1) is 12.6. The fourth-order valence-electron chi connectivity index (χ4n) is 2.15. The van der Waals surface area contributed by atoms with E-state index < -0.39 is 14.6 Å². The monoisotopic (exact) mass is 527 g/mol. The standard InChI is InChI=1S/C19H33N3O4S.HI/c1-15-8-9-16(17(12-15)26-11-7-10-25-5)13-21-18(20-4)22-14-19(2,3)27(6,23)24;/h8-9,12H,7,10-11,13-14H2,1-6H3,(H2,20,21,22);1H. The van der Waals surface area contributed by atoms with E-state index in [9.17, 15) is 8.42 Å². The van der Waals surface area contributed by atoms with Crippen LogP contribution < -0.4 is 15.4 Å². The number of aryl methyl sites for hydroxylation is 1. The van der Waals surface area contributed by atoms with Crippen molar-refractivity contribution in [2.24, 2.45) is 4.99 Å². The van der Waals surface area contributed by atoms with Gasteiger partial charge in [-0.3, -0.25) is 4.99 Å². The number of methoxy groups -OCH3 is 1. The smallest absolute Gasteiger partial charge is 0.191 e. The highest BCUT2D eigenvalue weighted by Gasteiger charge is 2.30. The molecular formula is C19H34IN3O4S. The summed E-state index contributed by atoms with van der Waals surface area (Å²) in [6.45, 7) is 7.42. The predicted molar refractivity (Wildman–Crippen MR) is 126 cm³/mol. The van der Waals surface area contributed by atoms with Gasteiger partial charge in [-0.2, -0.15) is 0 Å². The van der Waals surface area contributed by atoms with Crippen LogP contribution in [0.15, 0.2) is 23.2 Å². The van der Waals surface area contributed by atoms with Crippen molar-refractivity contribution in [2.75, 3.05) is 40.2 Å². The van der Waals surface area contributed by atoms with Crippen LogP contribution in [0.5, 0.6) is 5.75 Å². The van der Waals surface area contributed by atoms with Gasteiger partial charge < -0.3 is 20.1 Å². The average molecular weight is 527 g/mol. The van der Waals surface area contributed by atoms with Crippen LogP contribution in [0.25, 0.3) is 0 Å². The second-order valence-electron chi connectivity index (χ2n) is 7.12. The summed E-state index contributed by atoms with van der Waals surface area (Å²) in [6, 6.07) is 6.05. The predicted octanol–water partition coefficient (Wildman–Crippen LogP) is 2.52. The third-order valence-electron chi connectivity index (χ3n) is 4.33. The van der Waals surface area contributed by atoms with Crippen molar-refractivity contribution in [1.29, 1.82) is 0 Å². The van der Waals surface area contributed by atoms with Crippen LogP contribution >= 0.6 is 24.0 Å². The number of nitrogens with one attached hydrogen (secondary N) is 2. The van der Waals surface area contributed by atoms with E-state index in [2.05, 4.69) is 15.6 Å². The van der Waals surface area contributed by atoms with E-state index >= 15 is 0 Å². The lowest BCUT2D eigenvalue weighted by Crippen LogP contribution is -2.47. The summed E-state index contributed by atoms with van der Waals surface area (Å²) in [7, 11) is 0.150. The Balaban J connectivity index is 0.00000729. The molecule has 28 heavy (non-hydrogen) atoms. The van der Waals surface area contributed by atoms with Gasteiger partial charge in [0.1, 0.15) is 5.75 Å². The van der Waals surface area contributed by atoms with Gasteiger partial charge in [0.25, 0.3) is 0 Å². The Morgan fingerprint density at radius 1 is 1.21 bits per heavy atom. The minimum absolute atomic E-state index is 0. The van der Waals surface area contributed by atoms with Gasteiger partial charge in [-0.1, -0.05) is 12.1 Å². The van der Waals surface area contributed by atoms with Crippen LogP contribution in [-0.2, 0) is 21.1 Å². The summed E-state index contributed by atoms with van der Waals surface area (Å²) in [5, 5.41) is 6.29. The molecule has 1 aromatic carbocycles. The maximum atomic E-state index is 11.8. The highest BCUT2D eigenvalue weighted by Crippen LogP contribution is 2.20. The van der Waals surface area contributed by atoms with Crippen molar-refractivity contribution in [3.05, 3.63) is 29.3 Å². The number of benzene rings is 1. The fourth-order valence-corrected chi connectivity index (χ4v) is 2.49. The average Bonchev–Trinajstić information content (AvgIpc) is 2.59. The number of nitrogens with zero attached hydrogens (tertiary/aromatic N) is 1. The summed E-state index contributed by atoms with van der Waals surface area (Å²) < 4.78 is 33.7. The summed E-state index contributed by atoms with van der Waals surface area (Å²) in [6.07, 6.45) is 2.06. The van der Waals surface area contributed by atoms with E-state index in [4.69, 9.17) is 9.47 Å². The summed E-state index contributed by atoms with van der Waals surface area (Å²) in [4.78, 5) is 4.16. The third kappa shape index (κ3) is 8.95. The first-order valence-electron chi connectivity index (χ1n) is 8.96. The summed E-state index contributed by atoms with van der Waals surface area (Å²) >= 11 is 0. The van der Waals surface area contributed by atoms with E-state index in [0.29, 0.717) is 25.7 Å². The van der Waals surface area contributed by atoms with Crippen LogP contribution in [0.1, 0.15) is 31.4 Å². The Bertz CT molecular complexity index is 737. The number of guanidine groups is 1. The molecule has 0 aliphatic heterocycles. The number of hydrogen-bond acceptors (Lipinski definition) is 5. The molecule has 7 nitrogen and oxygen atoms in total. The molecule has 0 aliphatic carbocycles. The van der Waals surface area contributed by atoms with Crippen molar-refractivity contribution < 1.29 is 17.9 Å². The molecule has 0 saturated heterocycles. The van der Waals surface area contributed by atoms with E-state index in [-0.39, 0.29) is 30.5 Å². The third-order valence-corrected chi connectivity index (χ3v) is 6.48. The Kier molecular flexibility index (Phi) is 12.0. The van der Waals surface area contributed by atoms with Gasteiger partial charge >= 0.3 is 0 Å². The number of ether oxygens (including phenoxy) is 2. The van der Waals surface area contributed by atoms with E-state index in [1.807, 2.05) is 25.1 Å². The molecule has 0 spiro atoms. The zero-order valence-corrected chi connectivity index (χ0v) is 20.8. The number of aliphatic imine (C=N–C) groups is 1. The van der Waals surface area contributed by atoms with Crippen LogP contribution in [0.4, 0.5) is 0 Å². The zero-order chi connectivity index (χ0) is 20.5. The molecular weight excluding hydrogens is 493 g/mol. The molecule has 0 atom stereocenters. The number of hydrogen-bond donors (Lipinski definition) is 2. The normalized spacial score (nSPS) is 12.3. The minimum Gasteiger partial charge on any atom is -0.493 e. The lowest BCUT2D eigenvalue weighted by atomic mass is 10.1. The molecule has 162 valence electrons. The lowest BCUT2D eigenvalue weighted by Gasteiger charge is -2.24. The first-order valence-corrected chi connectivity index (χ1v) is 10.8. The van der Waals surface area contributed by atoms with Gasteiger partial charge in [0.2, 0.25) is 0 Å². The van der Waals surface area contributed by atoms with Crippen LogP contribution in [0, 0.1) is 6.92 Å². The van der Waals surface area contributed by atoms with Gasteiger partial charge in [-0.25, -0.2) is 8.42 Å². The number of sulfone groups is 1. The molecule has 1 rings (SSSR count). The number of rotatable bonds is 10. The van der Waals surface area contributed by atoms with Gasteiger partial charge in [0.15, 0.2) is 15.8 Å². The van der Waals surface area contributed by atoms with Gasteiger partial charge in [-0.15, -0.1) is 24.0 Å². The molecule has 0 bridgehead atoms. The highest BCUT2D eigenvalue weighted by molar-refractivity contribution is 14.0. The molecule has 0 aliphatic rings. The zero-order valence-electron chi connectivity index (χ0n) is 17.7. The van der Waals surface area contributed by atoms with Crippen LogP contribution in [0.3, 0.4) is 0 Å². The van der Waals surface area contributed by atoms with Crippen LogP contribution in [-0.4, -0.2) is 59.3 Å². The molecule has 2 N–H and O–H groups in total. The molecule has 0 heterocycles. The molecule has 0 amide bonds. The SMILES string of the molecule is CN=C(NCc1ccc(C)cc1OCCCOC)NCC(C)(C)S(C)(=O)=O.I. The lowest BCUT2D eigenvalue weighted by molar-refractivity contribution is 0.171. The molecule has 0 saturated carbocycles. The van der Waals surface area contributed by atoms with Crippen molar-refractivity contribution in [2.45, 2.75) is 38.5 Å². The Morgan fingerprint density at radius 2 is 1.89 bits per heavy atom. The molecule has 0 aromatic heterocycles. The van der Waals surface area contributed by atoms with Crippen LogP contribution in [0.2, 0.25) is 0 Å². The Labute approximate surface area is 186 Å². The maximum absolute atomic E-state index is 11.8. The van der Waals surface area contributed by atoms with Gasteiger partial charge in [-0.05, 0) is 32.4 Å². The second-order valence-corrected chi connectivity index (χ2v) is 9.77. The molecule has 0 unspecified atom stereocenters. The van der Waals surface area contributed by atoms with Gasteiger partial charge in [0, 0.05) is 52.1 Å². The molecule has 9 heteroatoms. The van der Waals surface area contributed by atoms with Crippen molar-refractivity contribution >= 4 is 39.8 Å². The van der Waals surface area contributed by atoms with Crippen molar-refractivity contribution in [3.63, 3.8) is 0 Å². The van der Waals surface area contributed by atoms with E-state index in [1.54, 1.807) is 28.0 Å². The fraction of sp³-hybridized carbons (Fsp3) is 0.632. The molecule has 0 radical (unpaired) electrons. The second kappa shape index (κ2) is 12.5.